The molecular formula is C17H20. The lowest BCUT2D eigenvalue weighted by atomic mass is 10.0. The zero-order valence-corrected chi connectivity index (χ0v) is 10.7. The van der Waals surface area contributed by atoms with E-state index in [1.807, 2.05) is 0 Å². The van der Waals surface area contributed by atoms with Gasteiger partial charge in [0.2, 0.25) is 0 Å². The van der Waals surface area contributed by atoms with Gasteiger partial charge in [-0.2, -0.15) is 0 Å². The summed E-state index contributed by atoms with van der Waals surface area (Å²) in [5, 5.41) is 0. The molecule has 0 spiro atoms. The fourth-order valence-electron chi connectivity index (χ4n) is 1.71. The van der Waals surface area contributed by atoms with Gasteiger partial charge >= 0.3 is 0 Å². The van der Waals surface area contributed by atoms with Crippen molar-refractivity contribution in [1.29, 1.82) is 0 Å². The van der Waals surface area contributed by atoms with Crippen LogP contribution in [-0.4, -0.2) is 0 Å². The maximum absolute atomic E-state index is 3.00. The molecule has 1 aromatic rings. The minimum atomic E-state index is 1.02. The van der Waals surface area contributed by atoms with Crippen LogP contribution in [0.5, 0.6) is 0 Å². The number of aryl methyl sites for hydroxylation is 1. The molecule has 0 amide bonds. The highest BCUT2D eigenvalue weighted by atomic mass is 14.1. The Morgan fingerprint density at radius 2 is 1.59 bits per heavy atom. The van der Waals surface area contributed by atoms with Gasteiger partial charge in [-0.1, -0.05) is 59.7 Å². The van der Waals surface area contributed by atoms with E-state index in [1.54, 1.807) is 0 Å². The van der Waals surface area contributed by atoms with E-state index in [2.05, 4.69) is 75.6 Å². The van der Waals surface area contributed by atoms with Gasteiger partial charge in [0.15, 0.2) is 0 Å². The van der Waals surface area contributed by atoms with Crippen LogP contribution in [0.15, 0.2) is 67.3 Å². The summed E-state index contributed by atoms with van der Waals surface area (Å²) in [5.74, 6) is 0. The molecule has 0 fully saturated rings. The van der Waals surface area contributed by atoms with Gasteiger partial charge in [-0.3, -0.25) is 0 Å². The summed E-state index contributed by atoms with van der Waals surface area (Å²) in [7, 11) is 0. The molecule has 17 heavy (non-hydrogen) atoms. The SMILES string of the molecule is C=C.CC1=CC=C(c2ccc(C)cc2)CC=C1. The number of allylic oxidation sites excluding steroid dienone is 6. The third kappa shape index (κ3) is 3.92. The topological polar surface area (TPSA) is 0 Å². The third-order valence-electron chi connectivity index (χ3n) is 2.69. The van der Waals surface area contributed by atoms with Gasteiger partial charge in [0.25, 0.3) is 0 Å². The van der Waals surface area contributed by atoms with E-state index < -0.39 is 0 Å². The predicted octanol–water partition coefficient (Wildman–Crippen LogP) is 5.09. The average Bonchev–Trinajstić information content (AvgIpc) is 2.58. The van der Waals surface area contributed by atoms with E-state index in [0.29, 0.717) is 0 Å². The van der Waals surface area contributed by atoms with Crippen molar-refractivity contribution in [2.24, 2.45) is 0 Å². The minimum Gasteiger partial charge on any atom is -0.106 e. The molecule has 0 radical (unpaired) electrons. The van der Waals surface area contributed by atoms with E-state index in [0.717, 1.165) is 6.42 Å². The summed E-state index contributed by atoms with van der Waals surface area (Å²) in [6.07, 6.45) is 9.83. The highest BCUT2D eigenvalue weighted by Crippen LogP contribution is 2.22. The predicted molar refractivity (Wildman–Crippen MR) is 77.9 cm³/mol. The van der Waals surface area contributed by atoms with Crippen LogP contribution in [0.1, 0.15) is 24.5 Å². The smallest absolute Gasteiger partial charge is 0.00883 e. The van der Waals surface area contributed by atoms with Crippen molar-refractivity contribution >= 4 is 5.57 Å². The molecule has 0 unspecified atom stereocenters. The molecule has 0 saturated carbocycles. The molecule has 88 valence electrons. The van der Waals surface area contributed by atoms with Gasteiger partial charge in [0.05, 0.1) is 0 Å². The third-order valence-corrected chi connectivity index (χ3v) is 2.69. The second kappa shape index (κ2) is 6.70. The Morgan fingerprint density at radius 1 is 0.941 bits per heavy atom. The Balaban J connectivity index is 0.000000686. The second-order valence-electron chi connectivity index (χ2n) is 4.08. The molecule has 1 aliphatic carbocycles. The zero-order valence-electron chi connectivity index (χ0n) is 10.7. The van der Waals surface area contributed by atoms with E-state index in [-0.39, 0.29) is 0 Å². The summed E-state index contributed by atoms with van der Waals surface area (Å²) in [6.45, 7) is 10.3. The van der Waals surface area contributed by atoms with Crippen molar-refractivity contribution in [3.8, 4) is 0 Å². The Kier molecular flexibility index (Phi) is 5.22. The molecule has 0 heterocycles. The molecule has 2 rings (SSSR count). The lowest BCUT2D eigenvalue weighted by molar-refractivity contribution is 1.37. The van der Waals surface area contributed by atoms with E-state index in [4.69, 9.17) is 0 Å². The lowest BCUT2D eigenvalue weighted by Crippen LogP contribution is -1.82. The van der Waals surface area contributed by atoms with E-state index in [1.165, 1.54) is 22.3 Å². The highest BCUT2D eigenvalue weighted by molar-refractivity contribution is 5.69. The maximum atomic E-state index is 3.00. The molecule has 0 aromatic heterocycles. The molecular weight excluding hydrogens is 204 g/mol. The van der Waals surface area contributed by atoms with Crippen molar-refractivity contribution in [2.75, 3.05) is 0 Å². The van der Waals surface area contributed by atoms with Gasteiger partial charge in [-0.15, -0.1) is 13.2 Å². The standard InChI is InChI=1S/C15H16.C2H4/c1-12-4-3-5-14(9-6-12)15-10-7-13(2)8-11-15;1-2/h3-4,6-11H,5H2,1-2H3;1-2H2. The van der Waals surface area contributed by atoms with Crippen LogP contribution < -0.4 is 0 Å². The molecule has 0 heteroatoms. The number of hydrogen-bond donors (Lipinski definition) is 0. The largest absolute Gasteiger partial charge is 0.106 e. The van der Waals surface area contributed by atoms with Crippen molar-refractivity contribution in [3.63, 3.8) is 0 Å². The van der Waals surface area contributed by atoms with E-state index >= 15 is 0 Å². The number of rotatable bonds is 1. The van der Waals surface area contributed by atoms with Gasteiger partial charge in [0.1, 0.15) is 0 Å². The van der Waals surface area contributed by atoms with Gasteiger partial charge < -0.3 is 0 Å². The molecule has 1 aromatic carbocycles. The summed E-state index contributed by atoms with van der Waals surface area (Å²) in [5.41, 5.74) is 5.35. The summed E-state index contributed by atoms with van der Waals surface area (Å²) in [4.78, 5) is 0. The fraction of sp³-hybridized carbons (Fsp3) is 0.176. The van der Waals surface area contributed by atoms with Crippen LogP contribution in [0, 0.1) is 6.92 Å². The molecule has 0 nitrogen and oxygen atoms in total. The van der Waals surface area contributed by atoms with Crippen LogP contribution in [-0.2, 0) is 0 Å². The number of benzene rings is 1. The quantitative estimate of drug-likeness (QED) is 0.583. The van der Waals surface area contributed by atoms with Crippen molar-refractivity contribution < 1.29 is 0 Å². The average molecular weight is 224 g/mol. The summed E-state index contributed by atoms with van der Waals surface area (Å²) in [6, 6.07) is 8.73. The normalized spacial score (nSPS) is 14.0. The fourth-order valence-corrected chi connectivity index (χ4v) is 1.71. The summed E-state index contributed by atoms with van der Waals surface area (Å²) >= 11 is 0. The van der Waals surface area contributed by atoms with Gasteiger partial charge in [-0.05, 0) is 31.4 Å². The maximum Gasteiger partial charge on any atom is -0.00883 e. The van der Waals surface area contributed by atoms with Gasteiger partial charge in [0, 0.05) is 0 Å². The first kappa shape index (κ1) is 13.2. The Morgan fingerprint density at radius 3 is 2.24 bits per heavy atom. The van der Waals surface area contributed by atoms with Crippen molar-refractivity contribution in [3.05, 3.63) is 78.4 Å². The monoisotopic (exact) mass is 224 g/mol. The minimum absolute atomic E-state index is 1.02. The van der Waals surface area contributed by atoms with Crippen LogP contribution in [0.2, 0.25) is 0 Å². The van der Waals surface area contributed by atoms with Crippen molar-refractivity contribution in [1.82, 2.24) is 0 Å². The zero-order chi connectivity index (χ0) is 12.7. The molecule has 0 bridgehead atoms. The van der Waals surface area contributed by atoms with Crippen LogP contribution >= 0.6 is 0 Å². The Labute approximate surface area is 105 Å². The van der Waals surface area contributed by atoms with E-state index in [9.17, 15) is 0 Å². The molecule has 0 atom stereocenters. The first-order valence-corrected chi connectivity index (χ1v) is 5.87. The van der Waals surface area contributed by atoms with Crippen LogP contribution in [0.3, 0.4) is 0 Å². The molecule has 0 aliphatic heterocycles. The molecule has 1 aliphatic rings. The molecule has 0 N–H and O–H groups in total. The van der Waals surface area contributed by atoms with Gasteiger partial charge in [-0.25, -0.2) is 0 Å². The second-order valence-corrected chi connectivity index (χ2v) is 4.08. The molecule has 0 saturated heterocycles. The highest BCUT2D eigenvalue weighted by Gasteiger charge is 2.00. The summed E-state index contributed by atoms with van der Waals surface area (Å²) < 4.78 is 0. The first-order valence-electron chi connectivity index (χ1n) is 5.87. The Hall–Kier alpha value is -1.82. The number of hydrogen-bond acceptors (Lipinski definition) is 0. The Bertz CT molecular complexity index is 441. The van der Waals surface area contributed by atoms with Crippen LogP contribution in [0.4, 0.5) is 0 Å². The lowest BCUT2D eigenvalue weighted by Gasteiger charge is -2.04. The van der Waals surface area contributed by atoms with Crippen molar-refractivity contribution in [2.45, 2.75) is 20.3 Å². The first-order chi connectivity index (χ1) is 8.25. The van der Waals surface area contributed by atoms with Crippen LogP contribution in [0.25, 0.3) is 5.57 Å².